The summed E-state index contributed by atoms with van der Waals surface area (Å²) in [7, 11) is 2.04. The normalized spacial score (nSPS) is 10.7. The average molecular weight is 356 g/mol. The summed E-state index contributed by atoms with van der Waals surface area (Å²) < 4.78 is 0. The molecule has 2 aromatic heterocycles. The lowest BCUT2D eigenvalue weighted by molar-refractivity contribution is -0.114. The molecular formula is C19H17BN6O. The number of rotatable bonds is 4. The highest BCUT2D eigenvalue weighted by atomic mass is 16.1. The molecule has 7 nitrogen and oxygen atoms in total. The van der Waals surface area contributed by atoms with Gasteiger partial charge in [0.2, 0.25) is 11.9 Å². The number of carbonyl (C=O) groups excluding carboxylic acids is 1. The first kappa shape index (κ1) is 16.8. The SMILES string of the molecule is Bc1ccc2nc(Nc3cc(NC(C)=O)cc(-c4cn[nH]c4)c3)ncc2c1. The van der Waals surface area contributed by atoms with Gasteiger partial charge in [0.05, 0.1) is 11.7 Å². The number of fused-ring (bicyclic) bond motifs is 1. The molecular weight excluding hydrogens is 339 g/mol. The Labute approximate surface area is 156 Å². The number of hydrogen-bond acceptors (Lipinski definition) is 5. The van der Waals surface area contributed by atoms with Gasteiger partial charge < -0.3 is 10.6 Å². The van der Waals surface area contributed by atoms with Crippen molar-refractivity contribution in [1.29, 1.82) is 0 Å². The second-order valence-corrected chi connectivity index (χ2v) is 6.35. The lowest BCUT2D eigenvalue weighted by Gasteiger charge is -2.11. The summed E-state index contributed by atoms with van der Waals surface area (Å²) in [4.78, 5) is 20.4. The van der Waals surface area contributed by atoms with E-state index in [4.69, 9.17) is 0 Å². The zero-order chi connectivity index (χ0) is 18.8. The Morgan fingerprint density at radius 3 is 2.70 bits per heavy atom. The number of nitrogens with zero attached hydrogens (tertiary/aromatic N) is 3. The van der Waals surface area contributed by atoms with Crippen LogP contribution in [-0.4, -0.2) is 33.9 Å². The molecule has 1 amide bonds. The summed E-state index contributed by atoms with van der Waals surface area (Å²) in [6, 6.07) is 11.7. The Morgan fingerprint density at radius 1 is 1.07 bits per heavy atom. The Bertz CT molecular complexity index is 1130. The van der Waals surface area contributed by atoms with Crippen molar-refractivity contribution < 1.29 is 4.79 Å². The van der Waals surface area contributed by atoms with Gasteiger partial charge in [0.15, 0.2) is 0 Å². The first-order chi connectivity index (χ1) is 13.1. The second kappa shape index (κ2) is 6.91. The third-order valence-electron chi connectivity index (χ3n) is 4.08. The van der Waals surface area contributed by atoms with Crippen molar-refractivity contribution in [3.8, 4) is 11.1 Å². The summed E-state index contributed by atoms with van der Waals surface area (Å²) in [6.07, 6.45) is 5.32. The largest absolute Gasteiger partial charge is 0.326 e. The van der Waals surface area contributed by atoms with Crippen LogP contribution >= 0.6 is 0 Å². The van der Waals surface area contributed by atoms with E-state index in [9.17, 15) is 4.79 Å². The fraction of sp³-hybridized carbons (Fsp3) is 0.0526. The molecule has 0 bridgehead atoms. The lowest BCUT2D eigenvalue weighted by Crippen LogP contribution is -2.06. The minimum atomic E-state index is -0.136. The van der Waals surface area contributed by atoms with E-state index < -0.39 is 0 Å². The molecule has 2 aromatic carbocycles. The maximum atomic E-state index is 11.5. The van der Waals surface area contributed by atoms with E-state index in [1.54, 1.807) is 18.6 Å². The van der Waals surface area contributed by atoms with E-state index in [0.29, 0.717) is 11.6 Å². The Kier molecular flexibility index (Phi) is 4.29. The van der Waals surface area contributed by atoms with Gasteiger partial charge in [-0.3, -0.25) is 9.89 Å². The molecule has 3 N–H and O–H groups in total. The number of hydrogen-bond donors (Lipinski definition) is 3. The predicted molar refractivity (Wildman–Crippen MR) is 109 cm³/mol. The molecule has 0 atom stereocenters. The van der Waals surface area contributed by atoms with E-state index >= 15 is 0 Å². The van der Waals surface area contributed by atoms with Crippen LogP contribution in [0.2, 0.25) is 0 Å². The molecule has 0 aliphatic carbocycles. The summed E-state index contributed by atoms with van der Waals surface area (Å²) in [6.45, 7) is 1.48. The van der Waals surface area contributed by atoms with Crippen LogP contribution in [-0.2, 0) is 4.79 Å². The number of benzene rings is 2. The molecule has 27 heavy (non-hydrogen) atoms. The van der Waals surface area contributed by atoms with Gasteiger partial charge in [-0.15, -0.1) is 0 Å². The zero-order valence-corrected chi connectivity index (χ0v) is 14.9. The molecule has 0 radical (unpaired) electrons. The van der Waals surface area contributed by atoms with Crippen molar-refractivity contribution in [2.45, 2.75) is 6.92 Å². The van der Waals surface area contributed by atoms with Crippen LogP contribution < -0.4 is 16.1 Å². The van der Waals surface area contributed by atoms with Gasteiger partial charge >= 0.3 is 0 Å². The minimum absolute atomic E-state index is 0.136. The molecule has 0 saturated heterocycles. The molecule has 0 saturated carbocycles. The van der Waals surface area contributed by atoms with E-state index in [1.165, 1.54) is 12.4 Å². The maximum absolute atomic E-state index is 11.5. The topological polar surface area (TPSA) is 95.6 Å². The van der Waals surface area contributed by atoms with Crippen molar-refractivity contribution in [3.05, 3.63) is 55.0 Å². The van der Waals surface area contributed by atoms with Gasteiger partial charge in [-0.1, -0.05) is 17.6 Å². The van der Waals surface area contributed by atoms with Crippen LogP contribution in [0.1, 0.15) is 6.92 Å². The quantitative estimate of drug-likeness (QED) is 0.486. The van der Waals surface area contributed by atoms with Crippen molar-refractivity contribution in [2.24, 2.45) is 0 Å². The van der Waals surface area contributed by atoms with E-state index in [0.717, 1.165) is 27.7 Å². The van der Waals surface area contributed by atoms with Crippen LogP contribution in [0, 0.1) is 0 Å². The van der Waals surface area contributed by atoms with E-state index in [1.807, 2.05) is 44.2 Å². The van der Waals surface area contributed by atoms with E-state index in [2.05, 4.69) is 30.8 Å². The van der Waals surface area contributed by atoms with Crippen LogP contribution in [0.4, 0.5) is 17.3 Å². The molecule has 2 heterocycles. The Morgan fingerprint density at radius 2 is 1.93 bits per heavy atom. The highest BCUT2D eigenvalue weighted by molar-refractivity contribution is 6.33. The van der Waals surface area contributed by atoms with Gasteiger partial charge in [0, 0.05) is 41.6 Å². The van der Waals surface area contributed by atoms with Gasteiger partial charge in [-0.2, -0.15) is 5.10 Å². The standard InChI is InChI=1S/C19H17BN6O/c1-11(27)24-16-5-12(14-9-22-23-10-14)6-17(7-16)25-19-21-8-13-4-15(20)2-3-18(13)26-19/h2-10H,20H2,1H3,(H,22,23)(H,24,27)(H,21,25,26). The van der Waals surface area contributed by atoms with Crippen LogP contribution in [0.3, 0.4) is 0 Å². The monoisotopic (exact) mass is 356 g/mol. The average Bonchev–Trinajstić information content (AvgIpc) is 3.16. The van der Waals surface area contributed by atoms with Gasteiger partial charge in [-0.25, -0.2) is 9.97 Å². The second-order valence-electron chi connectivity index (χ2n) is 6.35. The van der Waals surface area contributed by atoms with E-state index in [-0.39, 0.29) is 5.91 Å². The predicted octanol–water partition coefficient (Wildman–Crippen LogP) is 1.98. The van der Waals surface area contributed by atoms with Crippen LogP contribution in [0.15, 0.2) is 55.0 Å². The van der Waals surface area contributed by atoms with Gasteiger partial charge in [0.1, 0.15) is 7.85 Å². The third kappa shape index (κ3) is 3.79. The first-order valence-corrected chi connectivity index (χ1v) is 8.49. The number of anilines is 3. The fourth-order valence-electron chi connectivity index (χ4n) is 2.89. The molecule has 0 fully saturated rings. The van der Waals surface area contributed by atoms with Gasteiger partial charge in [0.25, 0.3) is 0 Å². The number of H-pyrrole nitrogens is 1. The van der Waals surface area contributed by atoms with Gasteiger partial charge in [-0.05, 0) is 29.8 Å². The fourth-order valence-corrected chi connectivity index (χ4v) is 2.89. The molecule has 0 spiro atoms. The van der Waals surface area contributed by atoms with Crippen molar-refractivity contribution in [1.82, 2.24) is 20.2 Å². The summed E-state index contributed by atoms with van der Waals surface area (Å²) in [5.74, 6) is 0.354. The van der Waals surface area contributed by atoms with Crippen molar-refractivity contribution in [3.63, 3.8) is 0 Å². The smallest absolute Gasteiger partial charge is 0.227 e. The third-order valence-corrected chi connectivity index (χ3v) is 4.08. The number of nitrogens with one attached hydrogen (secondary N) is 3. The summed E-state index contributed by atoms with van der Waals surface area (Å²) >= 11 is 0. The van der Waals surface area contributed by atoms with Crippen molar-refractivity contribution in [2.75, 3.05) is 10.6 Å². The number of aromatic nitrogens is 4. The van der Waals surface area contributed by atoms with Crippen LogP contribution in [0.5, 0.6) is 0 Å². The summed E-state index contributed by atoms with van der Waals surface area (Å²) in [5, 5.41) is 13.8. The molecule has 132 valence electrons. The Balaban J connectivity index is 1.71. The van der Waals surface area contributed by atoms with Crippen molar-refractivity contribution >= 4 is 47.4 Å². The summed E-state index contributed by atoms with van der Waals surface area (Å²) in [5.41, 5.74) is 5.31. The highest BCUT2D eigenvalue weighted by Crippen LogP contribution is 2.28. The number of carbonyl (C=O) groups is 1. The van der Waals surface area contributed by atoms with Crippen LogP contribution in [0.25, 0.3) is 22.0 Å². The molecule has 4 rings (SSSR count). The molecule has 4 aromatic rings. The molecule has 0 aliphatic rings. The lowest BCUT2D eigenvalue weighted by atomic mass is 9.95. The molecule has 0 unspecified atom stereocenters. The number of amides is 1. The number of aromatic amines is 1. The Hall–Kier alpha value is -3.68. The first-order valence-electron chi connectivity index (χ1n) is 8.49. The zero-order valence-electron chi connectivity index (χ0n) is 14.9. The molecule has 0 aliphatic heterocycles. The maximum Gasteiger partial charge on any atom is 0.227 e. The highest BCUT2D eigenvalue weighted by Gasteiger charge is 2.08. The minimum Gasteiger partial charge on any atom is -0.326 e. The molecule has 8 heteroatoms.